The molecular formula is C14H11NO3. The van der Waals surface area contributed by atoms with Crippen molar-refractivity contribution in [2.45, 2.75) is 6.42 Å². The number of carbonyl (C=O) groups is 2. The van der Waals surface area contributed by atoms with Gasteiger partial charge in [-0.25, -0.2) is 4.79 Å². The third-order valence-corrected chi connectivity index (χ3v) is 2.52. The molecule has 0 aliphatic heterocycles. The number of nitrogens with zero attached hydrogens (tertiary/aromatic N) is 1. The number of pyridine rings is 1. The summed E-state index contributed by atoms with van der Waals surface area (Å²) in [6, 6.07) is 11.3. The molecule has 1 N–H and O–H groups in total. The molecule has 0 aliphatic rings. The largest absolute Gasteiger partial charge is 0.478 e. The van der Waals surface area contributed by atoms with Crippen molar-refractivity contribution < 1.29 is 14.7 Å². The first-order chi connectivity index (χ1) is 8.66. The molecular weight excluding hydrogens is 230 g/mol. The van der Waals surface area contributed by atoms with Gasteiger partial charge in [-0.15, -0.1) is 0 Å². The van der Waals surface area contributed by atoms with Gasteiger partial charge in [0.05, 0.1) is 12.0 Å². The number of carbonyl (C=O) groups excluding carboxylic acids is 1. The van der Waals surface area contributed by atoms with Gasteiger partial charge in [-0.3, -0.25) is 9.78 Å². The maximum atomic E-state index is 11.9. The smallest absolute Gasteiger partial charge is 0.335 e. The molecule has 0 saturated carbocycles. The van der Waals surface area contributed by atoms with Gasteiger partial charge >= 0.3 is 5.97 Å². The Hall–Kier alpha value is -2.49. The summed E-state index contributed by atoms with van der Waals surface area (Å²) < 4.78 is 0. The van der Waals surface area contributed by atoms with E-state index < -0.39 is 5.97 Å². The number of hydrogen-bond donors (Lipinski definition) is 1. The SMILES string of the molecule is O=C(O)c1ccc(C(=O)Cc2ccccn2)cc1. The third kappa shape index (κ3) is 2.79. The van der Waals surface area contributed by atoms with Crippen LogP contribution in [0.2, 0.25) is 0 Å². The first kappa shape index (κ1) is 12.0. The van der Waals surface area contributed by atoms with E-state index in [1.807, 2.05) is 6.07 Å². The minimum Gasteiger partial charge on any atom is -0.478 e. The van der Waals surface area contributed by atoms with E-state index in [-0.39, 0.29) is 17.8 Å². The maximum absolute atomic E-state index is 11.9. The molecule has 1 aromatic carbocycles. The summed E-state index contributed by atoms with van der Waals surface area (Å²) >= 11 is 0. The minimum atomic E-state index is -1.00. The molecule has 0 spiro atoms. The van der Waals surface area contributed by atoms with Crippen molar-refractivity contribution in [3.63, 3.8) is 0 Å². The highest BCUT2D eigenvalue weighted by molar-refractivity contribution is 5.98. The monoisotopic (exact) mass is 241 g/mol. The van der Waals surface area contributed by atoms with Crippen molar-refractivity contribution in [1.29, 1.82) is 0 Å². The number of aromatic nitrogens is 1. The van der Waals surface area contributed by atoms with E-state index in [4.69, 9.17) is 5.11 Å². The molecule has 2 aromatic rings. The molecule has 1 aromatic heterocycles. The van der Waals surface area contributed by atoms with E-state index in [0.717, 1.165) is 0 Å². The van der Waals surface area contributed by atoms with Crippen LogP contribution in [0.4, 0.5) is 0 Å². The maximum Gasteiger partial charge on any atom is 0.335 e. The zero-order valence-electron chi connectivity index (χ0n) is 9.54. The molecule has 0 saturated heterocycles. The van der Waals surface area contributed by atoms with E-state index in [1.165, 1.54) is 24.3 Å². The van der Waals surface area contributed by atoms with E-state index in [1.54, 1.807) is 18.3 Å². The van der Waals surface area contributed by atoms with Gasteiger partial charge < -0.3 is 5.11 Å². The number of carboxylic acid groups (broad SMARTS) is 1. The average Bonchev–Trinajstić information content (AvgIpc) is 2.40. The van der Waals surface area contributed by atoms with Crippen LogP contribution < -0.4 is 0 Å². The fraction of sp³-hybridized carbons (Fsp3) is 0.0714. The van der Waals surface area contributed by atoms with Crippen molar-refractivity contribution in [3.8, 4) is 0 Å². The normalized spacial score (nSPS) is 10.0. The molecule has 1 heterocycles. The quantitative estimate of drug-likeness (QED) is 0.833. The molecule has 90 valence electrons. The molecule has 0 radical (unpaired) electrons. The van der Waals surface area contributed by atoms with Crippen molar-refractivity contribution in [3.05, 3.63) is 65.5 Å². The van der Waals surface area contributed by atoms with E-state index in [2.05, 4.69) is 4.98 Å². The summed E-state index contributed by atoms with van der Waals surface area (Å²) in [6.45, 7) is 0. The molecule has 4 heteroatoms. The second-order valence-electron chi connectivity index (χ2n) is 3.80. The Morgan fingerprint density at radius 2 is 1.67 bits per heavy atom. The Kier molecular flexibility index (Phi) is 3.48. The third-order valence-electron chi connectivity index (χ3n) is 2.52. The standard InChI is InChI=1S/C14H11NO3/c16-13(9-12-3-1-2-8-15-12)10-4-6-11(7-5-10)14(17)18/h1-8H,9H2,(H,17,18). The highest BCUT2D eigenvalue weighted by Crippen LogP contribution is 2.08. The Morgan fingerprint density at radius 3 is 2.22 bits per heavy atom. The van der Waals surface area contributed by atoms with Crippen LogP contribution in [0.1, 0.15) is 26.4 Å². The molecule has 0 bridgehead atoms. The minimum absolute atomic E-state index is 0.0781. The second kappa shape index (κ2) is 5.23. The number of benzene rings is 1. The van der Waals surface area contributed by atoms with Crippen LogP contribution in [0, 0.1) is 0 Å². The first-order valence-electron chi connectivity index (χ1n) is 5.43. The molecule has 0 amide bonds. The predicted octanol–water partition coefficient (Wildman–Crippen LogP) is 2.21. The predicted molar refractivity (Wildman–Crippen MR) is 65.7 cm³/mol. The van der Waals surface area contributed by atoms with Gasteiger partial charge in [-0.1, -0.05) is 18.2 Å². The number of hydrogen-bond acceptors (Lipinski definition) is 3. The molecule has 18 heavy (non-hydrogen) atoms. The van der Waals surface area contributed by atoms with E-state index in [9.17, 15) is 9.59 Å². The number of Topliss-reactive ketones (excluding diaryl/α,β-unsaturated/α-hetero) is 1. The van der Waals surface area contributed by atoms with Gasteiger partial charge in [-0.05, 0) is 24.3 Å². The molecule has 2 rings (SSSR count). The van der Waals surface area contributed by atoms with E-state index in [0.29, 0.717) is 11.3 Å². The molecule has 4 nitrogen and oxygen atoms in total. The summed E-state index contributed by atoms with van der Waals surface area (Å²) in [5.41, 5.74) is 1.36. The van der Waals surface area contributed by atoms with Crippen LogP contribution in [0.3, 0.4) is 0 Å². The lowest BCUT2D eigenvalue weighted by Gasteiger charge is -2.01. The fourth-order valence-corrected chi connectivity index (χ4v) is 1.57. The van der Waals surface area contributed by atoms with E-state index >= 15 is 0 Å². The number of rotatable bonds is 4. The van der Waals surface area contributed by atoms with Crippen LogP contribution in [0.25, 0.3) is 0 Å². The van der Waals surface area contributed by atoms with Gasteiger partial charge in [0.2, 0.25) is 0 Å². The number of ketones is 1. The zero-order valence-corrected chi connectivity index (χ0v) is 9.54. The number of aromatic carboxylic acids is 1. The highest BCUT2D eigenvalue weighted by Gasteiger charge is 2.09. The first-order valence-corrected chi connectivity index (χ1v) is 5.43. The summed E-state index contributed by atoms with van der Waals surface area (Å²) in [6.07, 6.45) is 1.85. The lowest BCUT2D eigenvalue weighted by Crippen LogP contribution is -2.05. The van der Waals surface area contributed by atoms with Crippen LogP contribution in [0.15, 0.2) is 48.7 Å². The summed E-state index contributed by atoms with van der Waals surface area (Å²) in [5, 5.41) is 8.75. The second-order valence-corrected chi connectivity index (χ2v) is 3.80. The topological polar surface area (TPSA) is 67.3 Å². The Labute approximate surface area is 104 Å². The van der Waals surface area contributed by atoms with Crippen molar-refractivity contribution in [1.82, 2.24) is 4.98 Å². The van der Waals surface area contributed by atoms with Crippen LogP contribution in [0.5, 0.6) is 0 Å². The van der Waals surface area contributed by atoms with Gasteiger partial charge in [0.15, 0.2) is 5.78 Å². The summed E-state index contributed by atoms with van der Waals surface area (Å²) in [7, 11) is 0. The average molecular weight is 241 g/mol. The van der Waals surface area contributed by atoms with Gasteiger partial charge in [0.25, 0.3) is 0 Å². The lowest BCUT2D eigenvalue weighted by molar-refractivity contribution is 0.0696. The number of carboxylic acids is 1. The lowest BCUT2D eigenvalue weighted by atomic mass is 10.0. The van der Waals surface area contributed by atoms with Gasteiger partial charge in [-0.2, -0.15) is 0 Å². The van der Waals surface area contributed by atoms with Crippen LogP contribution in [-0.2, 0) is 6.42 Å². The molecule has 0 atom stereocenters. The zero-order chi connectivity index (χ0) is 13.0. The van der Waals surface area contributed by atoms with Crippen molar-refractivity contribution >= 4 is 11.8 Å². The van der Waals surface area contributed by atoms with Crippen LogP contribution >= 0.6 is 0 Å². The molecule has 0 unspecified atom stereocenters. The van der Waals surface area contributed by atoms with Crippen molar-refractivity contribution in [2.75, 3.05) is 0 Å². The Bertz CT molecular complexity index is 561. The van der Waals surface area contributed by atoms with Gasteiger partial charge in [0, 0.05) is 17.5 Å². The fourth-order valence-electron chi connectivity index (χ4n) is 1.57. The summed E-state index contributed by atoms with van der Waals surface area (Å²) in [4.78, 5) is 26.7. The van der Waals surface area contributed by atoms with Gasteiger partial charge in [0.1, 0.15) is 0 Å². The Balaban J connectivity index is 2.12. The summed E-state index contributed by atoms with van der Waals surface area (Å²) in [5.74, 6) is -1.08. The Morgan fingerprint density at radius 1 is 1.00 bits per heavy atom. The molecule has 0 fully saturated rings. The van der Waals surface area contributed by atoms with Crippen molar-refractivity contribution in [2.24, 2.45) is 0 Å². The molecule has 0 aliphatic carbocycles. The van der Waals surface area contributed by atoms with Crippen LogP contribution in [-0.4, -0.2) is 21.8 Å². The highest BCUT2D eigenvalue weighted by atomic mass is 16.4.